The van der Waals surface area contributed by atoms with Crippen LogP contribution in [0.15, 0.2) is 42.5 Å². The number of sulfonamides is 1. The Bertz CT molecular complexity index is 1430. The van der Waals surface area contributed by atoms with Crippen LogP contribution in [0.5, 0.6) is 0 Å². The van der Waals surface area contributed by atoms with E-state index in [4.69, 9.17) is 34.8 Å². The van der Waals surface area contributed by atoms with Gasteiger partial charge in [-0.3, -0.25) is 9.89 Å². The number of hydrazine groups is 1. The average molecular weight is 611 g/mol. The van der Waals surface area contributed by atoms with Crippen LogP contribution in [0.3, 0.4) is 0 Å². The van der Waals surface area contributed by atoms with Gasteiger partial charge in [-0.2, -0.15) is 5.10 Å². The number of amides is 1. The van der Waals surface area contributed by atoms with Crippen molar-refractivity contribution in [2.75, 3.05) is 18.1 Å². The Balaban J connectivity index is 1.56. The molecule has 1 saturated heterocycles. The Morgan fingerprint density at radius 2 is 1.64 bits per heavy atom. The number of piperidine rings is 1. The highest BCUT2D eigenvalue weighted by Crippen LogP contribution is 2.34. The highest BCUT2D eigenvalue weighted by Gasteiger charge is 2.33. The molecule has 2 N–H and O–H groups in total. The molecule has 1 aromatic heterocycles. The zero-order chi connectivity index (χ0) is 27.6. The summed E-state index contributed by atoms with van der Waals surface area (Å²) in [5.41, 5.74) is 2.32. The summed E-state index contributed by atoms with van der Waals surface area (Å²) in [6.07, 6.45) is 5.99. The van der Waals surface area contributed by atoms with E-state index in [1.807, 2.05) is 5.01 Å². The zero-order valence-corrected chi connectivity index (χ0v) is 24.4. The van der Waals surface area contributed by atoms with Crippen LogP contribution in [0, 0.1) is 0 Å². The Labute approximate surface area is 243 Å². The molecule has 1 aliphatic carbocycles. The number of aromatic amines is 1. The predicted octanol–water partition coefficient (Wildman–Crippen LogP) is 6.45. The molecule has 208 valence electrons. The third-order valence-corrected chi connectivity index (χ3v) is 10.0. The van der Waals surface area contributed by atoms with Crippen molar-refractivity contribution >= 4 is 56.4 Å². The Morgan fingerprint density at radius 1 is 0.974 bits per heavy atom. The molecule has 12 heteroatoms. The van der Waals surface area contributed by atoms with E-state index in [0.717, 1.165) is 32.1 Å². The van der Waals surface area contributed by atoms with Crippen molar-refractivity contribution in [2.24, 2.45) is 0 Å². The van der Waals surface area contributed by atoms with E-state index in [9.17, 15) is 13.2 Å². The Morgan fingerprint density at radius 3 is 2.31 bits per heavy atom. The number of carbonyl (C=O) groups excluding carboxylic acids is 1. The molecule has 1 aliphatic heterocycles. The largest absolute Gasteiger partial charge is 0.291 e. The van der Waals surface area contributed by atoms with Crippen molar-refractivity contribution in [3.63, 3.8) is 0 Å². The molecule has 0 unspecified atom stereocenters. The molecule has 1 amide bonds. The maximum Gasteiger partial charge on any atom is 0.291 e. The Hall–Kier alpha value is -2.14. The van der Waals surface area contributed by atoms with Gasteiger partial charge in [0.25, 0.3) is 5.91 Å². The van der Waals surface area contributed by atoms with Crippen molar-refractivity contribution in [3.8, 4) is 11.3 Å². The lowest BCUT2D eigenvalue weighted by Gasteiger charge is -2.37. The van der Waals surface area contributed by atoms with Crippen LogP contribution in [-0.4, -0.2) is 47.9 Å². The SMILES string of the molecule is O=C(c1[nH]nc(-c2ccc(Cl)cc2)c1CNS(=O)(=O)C1CCCC1)N(c1ccc(Cl)cc1Cl)N1CCCCC1. The summed E-state index contributed by atoms with van der Waals surface area (Å²) < 4.78 is 28.9. The van der Waals surface area contributed by atoms with Gasteiger partial charge < -0.3 is 0 Å². The summed E-state index contributed by atoms with van der Waals surface area (Å²) in [6, 6.07) is 12.1. The normalized spacial score (nSPS) is 17.0. The number of anilines is 1. The molecule has 0 spiro atoms. The number of nitrogens with one attached hydrogen (secondary N) is 2. The summed E-state index contributed by atoms with van der Waals surface area (Å²) in [5.74, 6) is -0.385. The smallest absolute Gasteiger partial charge is 0.272 e. The number of rotatable bonds is 8. The van der Waals surface area contributed by atoms with Gasteiger partial charge in [0.05, 0.1) is 21.7 Å². The number of halogens is 3. The van der Waals surface area contributed by atoms with Crippen molar-refractivity contribution in [1.29, 1.82) is 0 Å². The van der Waals surface area contributed by atoms with E-state index >= 15 is 0 Å². The van der Waals surface area contributed by atoms with E-state index in [1.54, 1.807) is 47.5 Å². The number of benzene rings is 2. The maximum absolute atomic E-state index is 14.3. The zero-order valence-electron chi connectivity index (χ0n) is 21.3. The maximum atomic E-state index is 14.3. The van der Waals surface area contributed by atoms with Crippen LogP contribution in [0.1, 0.15) is 61.0 Å². The fraction of sp³-hybridized carbons (Fsp3) is 0.407. The molecule has 0 bridgehead atoms. The van der Waals surface area contributed by atoms with Crippen LogP contribution in [0.2, 0.25) is 15.1 Å². The minimum absolute atomic E-state index is 0.0867. The van der Waals surface area contributed by atoms with Crippen LogP contribution < -0.4 is 9.73 Å². The number of hydrogen-bond acceptors (Lipinski definition) is 5. The first kappa shape index (κ1) is 28.4. The third kappa shape index (κ3) is 6.29. The average Bonchev–Trinajstić information content (AvgIpc) is 3.61. The molecule has 2 fully saturated rings. The van der Waals surface area contributed by atoms with E-state index in [1.165, 1.54) is 0 Å². The van der Waals surface area contributed by atoms with Crippen molar-refractivity contribution < 1.29 is 13.2 Å². The number of nitrogens with zero attached hydrogens (tertiary/aromatic N) is 3. The number of aromatic nitrogens is 2. The van der Waals surface area contributed by atoms with Gasteiger partial charge >= 0.3 is 0 Å². The van der Waals surface area contributed by atoms with Crippen LogP contribution in [0.25, 0.3) is 11.3 Å². The first-order valence-electron chi connectivity index (χ1n) is 13.1. The lowest BCUT2D eigenvalue weighted by atomic mass is 10.1. The van der Waals surface area contributed by atoms with Crippen LogP contribution in [-0.2, 0) is 16.6 Å². The van der Waals surface area contributed by atoms with Gasteiger partial charge in [0.15, 0.2) is 0 Å². The molecule has 0 atom stereocenters. The summed E-state index contributed by atoms with van der Waals surface area (Å²) in [4.78, 5) is 14.3. The fourth-order valence-electron chi connectivity index (χ4n) is 5.28. The van der Waals surface area contributed by atoms with Gasteiger partial charge in [-0.15, -0.1) is 0 Å². The highest BCUT2D eigenvalue weighted by atomic mass is 35.5. The van der Waals surface area contributed by atoms with Gasteiger partial charge in [-0.1, -0.05) is 66.2 Å². The van der Waals surface area contributed by atoms with Crippen molar-refractivity contribution in [2.45, 2.75) is 56.7 Å². The summed E-state index contributed by atoms with van der Waals surface area (Å²) >= 11 is 18.8. The lowest BCUT2D eigenvalue weighted by Crippen LogP contribution is -2.49. The summed E-state index contributed by atoms with van der Waals surface area (Å²) in [7, 11) is -3.57. The monoisotopic (exact) mass is 609 g/mol. The molecule has 39 heavy (non-hydrogen) atoms. The molecule has 0 radical (unpaired) electrons. The van der Waals surface area contributed by atoms with E-state index in [2.05, 4.69) is 14.9 Å². The van der Waals surface area contributed by atoms with E-state index < -0.39 is 15.3 Å². The van der Waals surface area contributed by atoms with Crippen LogP contribution >= 0.6 is 34.8 Å². The highest BCUT2D eigenvalue weighted by molar-refractivity contribution is 7.90. The van der Waals surface area contributed by atoms with Gasteiger partial charge in [0.2, 0.25) is 10.0 Å². The topological polar surface area (TPSA) is 98.4 Å². The second-order valence-electron chi connectivity index (χ2n) is 9.93. The molecule has 1 saturated carbocycles. The molecule has 2 aliphatic rings. The lowest BCUT2D eigenvalue weighted by molar-refractivity contribution is 0.0866. The third-order valence-electron chi connectivity index (χ3n) is 7.34. The number of carbonyl (C=O) groups is 1. The Kier molecular flexibility index (Phi) is 8.85. The molecule has 3 aromatic rings. The van der Waals surface area contributed by atoms with E-state index in [-0.39, 0.29) is 18.1 Å². The van der Waals surface area contributed by atoms with Gasteiger partial charge in [-0.05, 0) is 56.0 Å². The quantitative estimate of drug-likeness (QED) is 0.306. The van der Waals surface area contributed by atoms with Gasteiger partial charge in [0.1, 0.15) is 5.69 Å². The molecule has 2 heterocycles. The second-order valence-corrected chi connectivity index (χ2v) is 13.3. The minimum Gasteiger partial charge on any atom is -0.272 e. The minimum atomic E-state index is -3.57. The molecule has 2 aromatic carbocycles. The molecular formula is C27H30Cl3N5O3S. The number of H-pyrrole nitrogens is 1. The predicted molar refractivity (Wildman–Crippen MR) is 156 cm³/mol. The summed E-state index contributed by atoms with van der Waals surface area (Å²) in [5, 5.41) is 11.8. The van der Waals surface area contributed by atoms with Crippen molar-refractivity contribution in [3.05, 3.63) is 68.8 Å². The van der Waals surface area contributed by atoms with Gasteiger partial charge in [0, 0.05) is 40.8 Å². The first-order valence-corrected chi connectivity index (χ1v) is 15.8. The standard InChI is InChI=1S/C27H30Cl3N5O3S/c28-19-10-8-18(9-11-19)25-22(17-31-39(37,38)21-6-2-3-7-21)26(33-32-25)27(36)35(34-14-4-1-5-15-34)24-13-12-20(29)16-23(24)30/h8-13,16,21,31H,1-7,14-15,17H2,(H,32,33). The second kappa shape index (κ2) is 12.2. The van der Waals surface area contributed by atoms with E-state index in [0.29, 0.717) is 63.5 Å². The number of hydrogen-bond donors (Lipinski definition) is 2. The molecule has 8 nitrogen and oxygen atoms in total. The van der Waals surface area contributed by atoms with Crippen LogP contribution in [0.4, 0.5) is 5.69 Å². The fourth-order valence-corrected chi connectivity index (χ4v) is 7.43. The molecule has 5 rings (SSSR count). The summed E-state index contributed by atoms with van der Waals surface area (Å²) in [6.45, 7) is 1.26. The van der Waals surface area contributed by atoms with Crippen molar-refractivity contribution in [1.82, 2.24) is 19.9 Å². The van der Waals surface area contributed by atoms with Gasteiger partial charge in [-0.25, -0.2) is 23.2 Å². The first-order chi connectivity index (χ1) is 18.7. The molecular weight excluding hydrogens is 581 g/mol.